The van der Waals surface area contributed by atoms with Gasteiger partial charge < -0.3 is 9.47 Å². The van der Waals surface area contributed by atoms with Crippen molar-refractivity contribution in [1.82, 2.24) is 0 Å². The number of hydrogen-bond donors (Lipinski definition) is 0. The molecule has 0 bridgehead atoms. The second-order valence-electron chi connectivity index (χ2n) is 5.11. The summed E-state index contributed by atoms with van der Waals surface area (Å²) in [4.78, 5) is 0.00755. The molecule has 21 heavy (non-hydrogen) atoms. The van der Waals surface area contributed by atoms with Gasteiger partial charge in [-0.15, -0.1) is 0 Å². The van der Waals surface area contributed by atoms with Crippen molar-refractivity contribution in [2.24, 2.45) is 0 Å². The number of ether oxygens (including phenoxy) is 2. The summed E-state index contributed by atoms with van der Waals surface area (Å²) in [6, 6.07) is 3.27. The minimum atomic E-state index is -3.84. The second kappa shape index (κ2) is 7.31. The van der Waals surface area contributed by atoms with Crippen LogP contribution in [0.1, 0.15) is 31.2 Å². The van der Waals surface area contributed by atoms with Gasteiger partial charge in [0.2, 0.25) is 0 Å². The van der Waals surface area contributed by atoms with E-state index in [0.29, 0.717) is 22.9 Å². The van der Waals surface area contributed by atoms with Crippen LogP contribution in [0.2, 0.25) is 0 Å². The van der Waals surface area contributed by atoms with Crippen LogP contribution in [0.15, 0.2) is 21.5 Å². The summed E-state index contributed by atoms with van der Waals surface area (Å²) in [5, 5.41) is 0. The Kier molecular flexibility index (Phi) is 5.94. The Morgan fingerprint density at radius 3 is 2.86 bits per heavy atom. The Bertz CT molecular complexity index is 597. The van der Waals surface area contributed by atoms with Crippen molar-refractivity contribution in [3.05, 3.63) is 22.2 Å². The van der Waals surface area contributed by atoms with E-state index in [0.717, 1.165) is 37.9 Å². The molecule has 0 radical (unpaired) electrons. The van der Waals surface area contributed by atoms with E-state index in [4.69, 9.17) is 20.2 Å². The fraction of sp³-hybridized carbons (Fsp3) is 0.571. The van der Waals surface area contributed by atoms with Gasteiger partial charge in [0.15, 0.2) is 0 Å². The SMILES string of the molecule is Cc1cc(Br)cc(S(=O)(=O)Cl)c1OCCCC1CCCO1. The molecule has 1 fully saturated rings. The predicted octanol–water partition coefficient (Wildman–Crippen LogP) is 4.02. The van der Waals surface area contributed by atoms with E-state index in [1.165, 1.54) is 6.07 Å². The van der Waals surface area contributed by atoms with Gasteiger partial charge in [-0.1, -0.05) is 15.9 Å². The highest BCUT2D eigenvalue weighted by Gasteiger charge is 2.20. The maximum absolute atomic E-state index is 11.6. The first-order valence-electron chi connectivity index (χ1n) is 6.87. The lowest BCUT2D eigenvalue weighted by molar-refractivity contribution is 0.0979. The molecule has 4 nitrogen and oxygen atoms in total. The number of rotatable bonds is 6. The molecule has 1 saturated heterocycles. The minimum Gasteiger partial charge on any atom is -0.492 e. The fourth-order valence-electron chi connectivity index (χ4n) is 2.42. The molecule has 1 aliphatic heterocycles. The normalized spacial score (nSPS) is 18.9. The molecule has 1 aliphatic rings. The number of halogens is 2. The highest BCUT2D eigenvalue weighted by Crippen LogP contribution is 2.33. The molecule has 1 atom stereocenters. The van der Waals surface area contributed by atoms with Gasteiger partial charge in [0.05, 0.1) is 12.7 Å². The summed E-state index contributed by atoms with van der Waals surface area (Å²) >= 11 is 3.27. The average molecular weight is 398 g/mol. The number of aryl methyl sites for hydroxylation is 1. The number of hydrogen-bond acceptors (Lipinski definition) is 4. The molecular formula is C14H18BrClO4S. The number of benzene rings is 1. The van der Waals surface area contributed by atoms with E-state index in [9.17, 15) is 8.42 Å². The lowest BCUT2D eigenvalue weighted by Gasteiger charge is -2.14. The van der Waals surface area contributed by atoms with E-state index >= 15 is 0 Å². The van der Waals surface area contributed by atoms with E-state index in [-0.39, 0.29) is 4.90 Å². The molecule has 7 heteroatoms. The zero-order chi connectivity index (χ0) is 15.5. The molecule has 2 rings (SSSR count). The summed E-state index contributed by atoms with van der Waals surface area (Å²) in [6.07, 6.45) is 4.28. The van der Waals surface area contributed by atoms with E-state index in [1.807, 2.05) is 0 Å². The monoisotopic (exact) mass is 396 g/mol. The third kappa shape index (κ3) is 4.84. The van der Waals surface area contributed by atoms with Crippen LogP contribution in [0.3, 0.4) is 0 Å². The third-order valence-electron chi connectivity index (χ3n) is 3.41. The van der Waals surface area contributed by atoms with Crippen molar-refractivity contribution < 1.29 is 17.9 Å². The Morgan fingerprint density at radius 1 is 1.48 bits per heavy atom. The summed E-state index contributed by atoms with van der Waals surface area (Å²) in [5.41, 5.74) is 0.737. The topological polar surface area (TPSA) is 52.6 Å². The largest absolute Gasteiger partial charge is 0.492 e. The quantitative estimate of drug-likeness (QED) is 0.537. The van der Waals surface area contributed by atoms with Gasteiger partial charge in [-0.05, 0) is 50.3 Å². The smallest absolute Gasteiger partial charge is 0.265 e. The maximum atomic E-state index is 11.6. The minimum absolute atomic E-state index is 0.00755. The Balaban J connectivity index is 2.01. The average Bonchev–Trinajstić information content (AvgIpc) is 2.87. The van der Waals surface area contributed by atoms with Crippen molar-refractivity contribution in [3.8, 4) is 5.75 Å². The molecule has 0 amide bonds. The van der Waals surface area contributed by atoms with Crippen LogP contribution in [0.25, 0.3) is 0 Å². The van der Waals surface area contributed by atoms with Crippen LogP contribution >= 0.6 is 26.6 Å². The lowest BCUT2D eigenvalue weighted by atomic mass is 10.1. The Labute approximate surface area is 138 Å². The predicted molar refractivity (Wildman–Crippen MR) is 85.6 cm³/mol. The van der Waals surface area contributed by atoms with Crippen molar-refractivity contribution in [1.29, 1.82) is 0 Å². The highest BCUT2D eigenvalue weighted by molar-refractivity contribution is 9.10. The molecule has 0 aliphatic carbocycles. The molecule has 0 spiro atoms. The van der Waals surface area contributed by atoms with Crippen molar-refractivity contribution in [3.63, 3.8) is 0 Å². The summed E-state index contributed by atoms with van der Waals surface area (Å²) in [5.74, 6) is 0.334. The third-order valence-corrected chi connectivity index (χ3v) is 5.19. The summed E-state index contributed by atoms with van der Waals surface area (Å²) in [6.45, 7) is 3.08. The Morgan fingerprint density at radius 2 is 2.24 bits per heavy atom. The molecule has 0 N–H and O–H groups in total. The molecule has 0 aromatic heterocycles. The molecule has 1 heterocycles. The van der Waals surface area contributed by atoms with Gasteiger partial charge in [0.1, 0.15) is 10.6 Å². The van der Waals surface area contributed by atoms with Crippen LogP contribution in [0.5, 0.6) is 5.75 Å². The van der Waals surface area contributed by atoms with Gasteiger partial charge in [-0.25, -0.2) is 8.42 Å². The van der Waals surface area contributed by atoms with E-state index < -0.39 is 9.05 Å². The highest BCUT2D eigenvalue weighted by atomic mass is 79.9. The Hall–Kier alpha value is -0.300. The van der Waals surface area contributed by atoms with E-state index in [1.54, 1.807) is 13.0 Å². The van der Waals surface area contributed by atoms with Crippen LogP contribution in [0.4, 0.5) is 0 Å². The lowest BCUT2D eigenvalue weighted by Crippen LogP contribution is -2.09. The molecule has 1 aromatic carbocycles. The zero-order valence-electron chi connectivity index (χ0n) is 11.8. The molecular weight excluding hydrogens is 380 g/mol. The fourth-order valence-corrected chi connectivity index (χ4v) is 4.20. The van der Waals surface area contributed by atoms with Crippen molar-refractivity contribution >= 4 is 35.7 Å². The second-order valence-corrected chi connectivity index (χ2v) is 8.56. The summed E-state index contributed by atoms with van der Waals surface area (Å²) < 4.78 is 35.2. The van der Waals surface area contributed by atoms with Crippen molar-refractivity contribution in [2.45, 2.75) is 43.6 Å². The van der Waals surface area contributed by atoms with E-state index in [2.05, 4.69) is 15.9 Å². The first kappa shape index (κ1) is 17.1. The first-order valence-corrected chi connectivity index (χ1v) is 9.97. The van der Waals surface area contributed by atoms with Crippen LogP contribution < -0.4 is 4.74 Å². The van der Waals surface area contributed by atoms with Crippen LogP contribution in [-0.2, 0) is 13.8 Å². The standard InChI is InChI=1S/C14H18BrClO4S/c1-10-8-11(15)9-13(21(16,17)18)14(10)20-7-3-5-12-4-2-6-19-12/h8-9,12H,2-7H2,1H3. The van der Waals surface area contributed by atoms with Crippen LogP contribution in [0, 0.1) is 6.92 Å². The summed E-state index contributed by atoms with van der Waals surface area (Å²) in [7, 11) is 1.64. The van der Waals surface area contributed by atoms with Gasteiger partial charge in [-0.3, -0.25) is 0 Å². The molecule has 1 unspecified atom stereocenters. The van der Waals surface area contributed by atoms with Crippen molar-refractivity contribution in [2.75, 3.05) is 13.2 Å². The molecule has 0 saturated carbocycles. The molecule has 118 valence electrons. The van der Waals surface area contributed by atoms with Crippen LogP contribution in [-0.4, -0.2) is 27.7 Å². The van der Waals surface area contributed by atoms with Gasteiger partial charge in [0.25, 0.3) is 9.05 Å². The maximum Gasteiger partial charge on any atom is 0.265 e. The van der Waals surface area contributed by atoms with Gasteiger partial charge in [-0.2, -0.15) is 0 Å². The molecule has 1 aromatic rings. The first-order chi connectivity index (χ1) is 9.88. The van der Waals surface area contributed by atoms with Gasteiger partial charge >= 0.3 is 0 Å². The zero-order valence-corrected chi connectivity index (χ0v) is 14.9. The van der Waals surface area contributed by atoms with Gasteiger partial charge in [0, 0.05) is 21.8 Å².